The Balaban J connectivity index is 3.27. The lowest BCUT2D eigenvalue weighted by atomic mass is 10.2. The van der Waals surface area contributed by atoms with E-state index in [1.807, 2.05) is 0 Å². The summed E-state index contributed by atoms with van der Waals surface area (Å²) in [7, 11) is 0. The average molecular weight is 523 g/mol. The van der Waals surface area contributed by atoms with E-state index >= 15 is 0 Å². The third-order valence-electron chi connectivity index (χ3n) is 4.77. The Morgan fingerprint density at radius 3 is 0.972 bits per heavy atom. The molecule has 0 aliphatic heterocycles. The van der Waals surface area contributed by atoms with Gasteiger partial charge in [0.2, 0.25) is 0 Å². The molecule has 0 radical (unpaired) electrons. The molecule has 0 heterocycles. The van der Waals surface area contributed by atoms with Gasteiger partial charge in [-0.05, 0) is 25.7 Å². The molecule has 0 aromatic rings. The normalized spacial score (nSPS) is 11.1. The van der Waals surface area contributed by atoms with Crippen LogP contribution in [0.25, 0.3) is 0 Å². The van der Waals surface area contributed by atoms with E-state index in [4.69, 9.17) is 37.9 Å². The molecule has 0 aromatic carbocycles. The first-order valence-electron chi connectivity index (χ1n) is 13.5. The van der Waals surface area contributed by atoms with Crippen molar-refractivity contribution in [3.8, 4) is 0 Å². The topological polar surface area (TPSA) is 108 Å². The van der Waals surface area contributed by atoms with Gasteiger partial charge < -0.3 is 37.9 Å². The molecule has 214 valence electrons. The van der Waals surface area contributed by atoms with Crippen LogP contribution in [0.3, 0.4) is 0 Å². The predicted octanol–water partition coefficient (Wildman–Crippen LogP) is 3.33. The molecule has 0 fully saturated rings. The SMILES string of the molecule is CCCCOCCOCCOCCOC(=O)CCCCC(=O)OCCOCCOCCOCCCC. The second kappa shape index (κ2) is 29.9. The van der Waals surface area contributed by atoms with Crippen molar-refractivity contribution in [3.63, 3.8) is 0 Å². The van der Waals surface area contributed by atoms with Crippen molar-refractivity contribution in [1.82, 2.24) is 0 Å². The number of esters is 2. The third kappa shape index (κ3) is 28.9. The molecule has 0 saturated carbocycles. The van der Waals surface area contributed by atoms with Crippen LogP contribution in [0.2, 0.25) is 0 Å². The van der Waals surface area contributed by atoms with Crippen molar-refractivity contribution in [2.45, 2.75) is 65.2 Å². The standard InChI is InChI=1S/C26H50O10/c1-3-5-11-29-13-15-31-17-19-33-21-23-35-25(27)9-7-8-10-26(28)36-24-22-34-20-18-32-16-14-30-12-6-4-2/h3-24H2,1-2H3. The van der Waals surface area contributed by atoms with Crippen molar-refractivity contribution < 1.29 is 47.5 Å². The number of carbonyl (C=O) groups excluding carboxylic acids is 2. The fraction of sp³-hybridized carbons (Fsp3) is 0.923. The van der Waals surface area contributed by atoms with E-state index in [0.29, 0.717) is 78.9 Å². The lowest BCUT2D eigenvalue weighted by molar-refractivity contribution is -0.147. The number of hydrogen-bond acceptors (Lipinski definition) is 10. The van der Waals surface area contributed by atoms with Crippen molar-refractivity contribution in [3.05, 3.63) is 0 Å². The molecule has 0 aromatic heterocycles. The van der Waals surface area contributed by atoms with Crippen molar-refractivity contribution in [2.75, 3.05) is 92.5 Å². The summed E-state index contributed by atoms with van der Waals surface area (Å²) in [6.45, 7) is 11.0. The zero-order valence-corrected chi connectivity index (χ0v) is 22.6. The monoisotopic (exact) mass is 522 g/mol. The maximum atomic E-state index is 11.7. The highest BCUT2D eigenvalue weighted by Crippen LogP contribution is 2.03. The second-order valence-corrected chi connectivity index (χ2v) is 8.03. The number of hydrogen-bond donors (Lipinski definition) is 0. The van der Waals surface area contributed by atoms with Gasteiger partial charge in [0.25, 0.3) is 0 Å². The van der Waals surface area contributed by atoms with E-state index in [1.54, 1.807) is 0 Å². The minimum Gasteiger partial charge on any atom is -0.463 e. The Hall–Kier alpha value is -1.30. The smallest absolute Gasteiger partial charge is 0.305 e. The summed E-state index contributed by atoms with van der Waals surface area (Å²) in [5.74, 6) is -0.592. The van der Waals surface area contributed by atoms with E-state index in [2.05, 4.69) is 13.8 Å². The van der Waals surface area contributed by atoms with E-state index in [-0.39, 0.29) is 38.0 Å². The Morgan fingerprint density at radius 1 is 0.389 bits per heavy atom. The molecule has 0 aliphatic carbocycles. The highest BCUT2D eigenvalue weighted by Gasteiger charge is 2.06. The molecule has 0 rings (SSSR count). The summed E-state index contributed by atoms with van der Waals surface area (Å²) in [6, 6.07) is 0. The number of carbonyl (C=O) groups is 2. The number of ether oxygens (including phenoxy) is 8. The first-order chi connectivity index (χ1) is 17.7. The van der Waals surface area contributed by atoms with E-state index in [9.17, 15) is 9.59 Å². The Labute approximate surface area is 217 Å². The summed E-state index contributed by atoms with van der Waals surface area (Å²) >= 11 is 0. The predicted molar refractivity (Wildman–Crippen MR) is 135 cm³/mol. The van der Waals surface area contributed by atoms with Crippen LogP contribution in [0.4, 0.5) is 0 Å². The van der Waals surface area contributed by atoms with Gasteiger partial charge in [-0.2, -0.15) is 0 Å². The maximum Gasteiger partial charge on any atom is 0.305 e. The Kier molecular flexibility index (Phi) is 28.8. The largest absolute Gasteiger partial charge is 0.463 e. The Morgan fingerprint density at radius 2 is 0.667 bits per heavy atom. The molecule has 0 amide bonds. The van der Waals surface area contributed by atoms with Crippen LogP contribution in [-0.2, 0) is 47.5 Å². The minimum atomic E-state index is -0.296. The molecule has 0 N–H and O–H groups in total. The molecule has 36 heavy (non-hydrogen) atoms. The van der Waals surface area contributed by atoms with Gasteiger partial charge in [-0.15, -0.1) is 0 Å². The number of rotatable bonds is 29. The zero-order valence-electron chi connectivity index (χ0n) is 22.6. The molecule has 10 heteroatoms. The van der Waals surface area contributed by atoms with Crippen molar-refractivity contribution in [2.24, 2.45) is 0 Å². The van der Waals surface area contributed by atoms with Crippen LogP contribution in [0.5, 0.6) is 0 Å². The quantitative estimate of drug-likeness (QED) is 0.107. The highest BCUT2D eigenvalue weighted by atomic mass is 16.6. The lowest BCUT2D eigenvalue weighted by Crippen LogP contribution is -2.14. The molecule has 0 unspecified atom stereocenters. The minimum absolute atomic E-state index is 0.207. The van der Waals surface area contributed by atoms with Gasteiger partial charge in [-0.3, -0.25) is 9.59 Å². The molecule has 0 bridgehead atoms. The van der Waals surface area contributed by atoms with Crippen LogP contribution in [0, 0.1) is 0 Å². The van der Waals surface area contributed by atoms with Gasteiger partial charge in [-0.1, -0.05) is 26.7 Å². The van der Waals surface area contributed by atoms with Crippen LogP contribution in [0.15, 0.2) is 0 Å². The molecule has 10 nitrogen and oxygen atoms in total. The molecule has 0 aliphatic rings. The van der Waals surface area contributed by atoms with Crippen molar-refractivity contribution in [1.29, 1.82) is 0 Å². The molecule has 0 spiro atoms. The summed E-state index contributed by atoms with van der Waals surface area (Å²) < 4.78 is 42.5. The summed E-state index contributed by atoms with van der Waals surface area (Å²) in [6.07, 6.45) is 6.05. The van der Waals surface area contributed by atoms with Gasteiger partial charge in [0.15, 0.2) is 0 Å². The fourth-order valence-corrected chi connectivity index (χ4v) is 2.69. The third-order valence-corrected chi connectivity index (χ3v) is 4.77. The van der Waals surface area contributed by atoms with Crippen molar-refractivity contribution >= 4 is 11.9 Å². The second-order valence-electron chi connectivity index (χ2n) is 8.03. The van der Waals surface area contributed by atoms with Crippen LogP contribution < -0.4 is 0 Å². The maximum absolute atomic E-state index is 11.7. The molecule has 0 atom stereocenters. The fourth-order valence-electron chi connectivity index (χ4n) is 2.69. The van der Waals surface area contributed by atoms with E-state index in [1.165, 1.54) is 0 Å². The molecular formula is C26H50O10. The molecular weight excluding hydrogens is 472 g/mol. The first kappa shape index (κ1) is 34.7. The van der Waals surface area contributed by atoms with Gasteiger partial charge in [0, 0.05) is 26.1 Å². The number of unbranched alkanes of at least 4 members (excludes halogenated alkanes) is 3. The van der Waals surface area contributed by atoms with Crippen LogP contribution >= 0.6 is 0 Å². The van der Waals surface area contributed by atoms with Gasteiger partial charge >= 0.3 is 11.9 Å². The van der Waals surface area contributed by atoms with Gasteiger partial charge in [-0.25, -0.2) is 0 Å². The zero-order chi connectivity index (χ0) is 26.4. The van der Waals surface area contributed by atoms with Gasteiger partial charge in [0.1, 0.15) is 13.2 Å². The van der Waals surface area contributed by atoms with Crippen LogP contribution in [-0.4, -0.2) is 104 Å². The van der Waals surface area contributed by atoms with Crippen LogP contribution in [0.1, 0.15) is 65.2 Å². The lowest BCUT2D eigenvalue weighted by Gasteiger charge is -2.08. The summed E-state index contributed by atoms with van der Waals surface area (Å²) in [5, 5.41) is 0. The van der Waals surface area contributed by atoms with Gasteiger partial charge in [0.05, 0.1) is 66.1 Å². The summed E-state index contributed by atoms with van der Waals surface area (Å²) in [5.41, 5.74) is 0. The summed E-state index contributed by atoms with van der Waals surface area (Å²) in [4.78, 5) is 23.4. The van der Waals surface area contributed by atoms with E-state index in [0.717, 1.165) is 38.9 Å². The average Bonchev–Trinajstić information content (AvgIpc) is 2.88. The van der Waals surface area contributed by atoms with E-state index < -0.39 is 0 Å². The Bertz CT molecular complexity index is 434. The molecule has 0 saturated heterocycles. The first-order valence-corrected chi connectivity index (χ1v) is 13.5. The highest BCUT2D eigenvalue weighted by molar-refractivity contribution is 5.70.